The van der Waals surface area contributed by atoms with E-state index in [1.165, 1.54) is 23.1 Å². The third-order valence-corrected chi connectivity index (χ3v) is 7.14. The molecule has 0 aliphatic rings. The number of nitrogens with zero attached hydrogens (tertiary/aromatic N) is 1. The Balaban J connectivity index is 1.36. The van der Waals surface area contributed by atoms with Crippen LogP contribution in [0.15, 0.2) is 83.1 Å². The van der Waals surface area contributed by atoms with Crippen LogP contribution in [-0.4, -0.2) is 29.2 Å². The average Bonchev–Trinajstić information content (AvgIpc) is 3.33. The highest BCUT2D eigenvalue weighted by molar-refractivity contribution is 8.00. The Morgan fingerprint density at radius 2 is 1.77 bits per heavy atom. The standard InChI is InChI=1S/C27H25N3O3S2/c1-17-7-4-5-10-23(17)26(32)28-20-8-6-9-22(15-20)35-18(2)25(31)30-27-29-24(16-34-27)19-11-13-21(33-3)14-12-19/h4-16,18H,1-3H3,(H,28,32)(H,29,30,31). The maximum Gasteiger partial charge on any atom is 0.255 e. The van der Waals surface area contributed by atoms with Crippen molar-refractivity contribution in [2.75, 3.05) is 17.7 Å². The molecular weight excluding hydrogens is 478 g/mol. The van der Waals surface area contributed by atoms with E-state index in [1.807, 2.05) is 86.0 Å². The van der Waals surface area contributed by atoms with Gasteiger partial charge in [-0.25, -0.2) is 4.98 Å². The molecular formula is C27H25N3O3S2. The predicted octanol–water partition coefficient (Wildman–Crippen LogP) is 6.50. The summed E-state index contributed by atoms with van der Waals surface area (Å²) in [5.41, 5.74) is 3.98. The van der Waals surface area contributed by atoms with E-state index in [0.717, 1.165) is 27.5 Å². The van der Waals surface area contributed by atoms with Gasteiger partial charge in [0.15, 0.2) is 5.13 Å². The smallest absolute Gasteiger partial charge is 0.255 e. The molecule has 0 radical (unpaired) electrons. The molecule has 1 unspecified atom stereocenters. The molecule has 178 valence electrons. The number of thioether (sulfide) groups is 1. The first-order chi connectivity index (χ1) is 16.9. The number of thiazole rings is 1. The zero-order chi connectivity index (χ0) is 24.8. The molecule has 2 amide bonds. The molecule has 6 nitrogen and oxygen atoms in total. The molecule has 4 aromatic rings. The van der Waals surface area contributed by atoms with Crippen molar-refractivity contribution in [1.29, 1.82) is 0 Å². The van der Waals surface area contributed by atoms with Gasteiger partial charge in [-0.05, 0) is 67.9 Å². The first kappa shape index (κ1) is 24.5. The number of ether oxygens (including phenoxy) is 1. The van der Waals surface area contributed by atoms with E-state index in [1.54, 1.807) is 13.2 Å². The fraction of sp³-hybridized carbons (Fsp3) is 0.148. The van der Waals surface area contributed by atoms with Crippen LogP contribution in [0.1, 0.15) is 22.8 Å². The van der Waals surface area contributed by atoms with Crippen LogP contribution in [0, 0.1) is 6.92 Å². The lowest BCUT2D eigenvalue weighted by Gasteiger charge is -2.12. The van der Waals surface area contributed by atoms with Crippen LogP contribution in [-0.2, 0) is 4.79 Å². The zero-order valence-electron chi connectivity index (χ0n) is 19.6. The molecule has 0 saturated heterocycles. The summed E-state index contributed by atoms with van der Waals surface area (Å²) in [7, 11) is 1.63. The molecule has 0 aliphatic carbocycles. The Morgan fingerprint density at radius 1 is 1.00 bits per heavy atom. The van der Waals surface area contributed by atoms with E-state index in [0.29, 0.717) is 16.4 Å². The first-order valence-electron chi connectivity index (χ1n) is 11.0. The summed E-state index contributed by atoms with van der Waals surface area (Å²) in [6.45, 7) is 3.75. The number of carbonyl (C=O) groups is 2. The molecule has 0 aliphatic heterocycles. The van der Waals surface area contributed by atoms with Crippen LogP contribution < -0.4 is 15.4 Å². The minimum atomic E-state index is -0.356. The topological polar surface area (TPSA) is 80.3 Å². The van der Waals surface area contributed by atoms with Crippen molar-refractivity contribution in [3.8, 4) is 17.0 Å². The molecule has 3 aromatic carbocycles. The van der Waals surface area contributed by atoms with Gasteiger partial charge in [-0.2, -0.15) is 0 Å². The van der Waals surface area contributed by atoms with E-state index in [2.05, 4.69) is 15.6 Å². The van der Waals surface area contributed by atoms with Crippen molar-refractivity contribution in [1.82, 2.24) is 4.98 Å². The average molecular weight is 504 g/mol. The van der Waals surface area contributed by atoms with Gasteiger partial charge in [0, 0.05) is 27.1 Å². The minimum absolute atomic E-state index is 0.139. The lowest BCUT2D eigenvalue weighted by Crippen LogP contribution is -2.22. The molecule has 0 fully saturated rings. The Bertz CT molecular complexity index is 1340. The molecule has 1 heterocycles. The van der Waals surface area contributed by atoms with Crippen molar-refractivity contribution in [2.24, 2.45) is 0 Å². The number of methoxy groups -OCH3 is 1. The lowest BCUT2D eigenvalue weighted by atomic mass is 10.1. The molecule has 0 bridgehead atoms. The zero-order valence-corrected chi connectivity index (χ0v) is 21.2. The molecule has 4 rings (SSSR count). The number of nitrogens with one attached hydrogen (secondary N) is 2. The molecule has 0 saturated carbocycles. The number of rotatable bonds is 8. The van der Waals surface area contributed by atoms with Gasteiger partial charge in [0.2, 0.25) is 5.91 Å². The number of aromatic nitrogens is 1. The van der Waals surface area contributed by atoms with Gasteiger partial charge in [0.05, 0.1) is 18.1 Å². The largest absolute Gasteiger partial charge is 0.497 e. The monoisotopic (exact) mass is 503 g/mol. The number of hydrogen-bond acceptors (Lipinski definition) is 6. The SMILES string of the molecule is COc1ccc(-c2csc(NC(=O)C(C)Sc3cccc(NC(=O)c4ccccc4C)c3)n2)cc1. The Hall–Kier alpha value is -3.62. The second kappa shape index (κ2) is 11.2. The second-order valence-electron chi connectivity index (χ2n) is 7.81. The fourth-order valence-corrected chi connectivity index (χ4v) is 5.01. The number of amides is 2. The van der Waals surface area contributed by atoms with Gasteiger partial charge in [-0.1, -0.05) is 24.3 Å². The highest BCUT2D eigenvalue weighted by Gasteiger charge is 2.17. The Kier molecular flexibility index (Phi) is 7.84. The molecule has 1 aromatic heterocycles. The number of aryl methyl sites for hydroxylation is 1. The second-order valence-corrected chi connectivity index (χ2v) is 10.1. The summed E-state index contributed by atoms with van der Waals surface area (Å²) in [6.07, 6.45) is 0. The maximum atomic E-state index is 12.8. The summed E-state index contributed by atoms with van der Waals surface area (Å²) >= 11 is 2.80. The summed E-state index contributed by atoms with van der Waals surface area (Å²) in [6, 6.07) is 22.6. The Morgan fingerprint density at radius 3 is 2.51 bits per heavy atom. The molecule has 0 spiro atoms. The van der Waals surface area contributed by atoms with Gasteiger partial charge in [-0.3, -0.25) is 9.59 Å². The van der Waals surface area contributed by atoms with E-state index in [-0.39, 0.29) is 17.1 Å². The molecule has 1 atom stereocenters. The minimum Gasteiger partial charge on any atom is -0.497 e. The number of carbonyl (C=O) groups excluding carboxylic acids is 2. The van der Waals surface area contributed by atoms with Crippen molar-refractivity contribution in [3.05, 3.63) is 89.3 Å². The third-order valence-electron chi connectivity index (χ3n) is 5.28. The molecule has 2 N–H and O–H groups in total. The van der Waals surface area contributed by atoms with Crippen LogP contribution >= 0.6 is 23.1 Å². The van der Waals surface area contributed by atoms with E-state index >= 15 is 0 Å². The first-order valence-corrected chi connectivity index (χ1v) is 12.7. The number of benzene rings is 3. The van der Waals surface area contributed by atoms with Gasteiger partial charge in [0.1, 0.15) is 5.75 Å². The maximum absolute atomic E-state index is 12.8. The van der Waals surface area contributed by atoms with E-state index in [9.17, 15) is 9.59 Å². The third kappa shape index (κ3) is 6.29. The highest BCUT2D eigenvalue weighted by Crippen LogP contribution is 2.29. The highest BCUT2D eigenvalue weighted by atomic mass is 32.2. The number of hydrogen-bond donors (Lipinski definition) is 2. The van der Waals surface area contributed by atoms with Gasteiger partial charge in [0.25, 0.3) is 5.91 Å². The van der Waals surface area contributed by atoms with Gasteiger partial charge >= 0.3 is 0 Å². The predicted molar refractivity (Wildman–Crippen MR) is 144 cm³/mol. The van der Waals surface area contributed by atoms with Crippen molar-refractivity contribution in [3.63, 3.8) is 0 Å². The van der Waals surface area contributed by atoms with Crippen LogP contribution in [0.25, 0.3) is 11.3 Å². The summed E-state index contributed by atoms with van der Waals surface area (Å²) < 4.78 is 5.19. The van der Waals surface area contributed by atoms with Crippen molar-refractivity contribution < 1.29 is 14.3 Å². The summed E-state index contributed by atoms with van der Waals surface area (Å²) in [4.78, 5) is 30.8. The van der Waals surface area contributed by atoms with E-state index < -0.39 is 0 Å². The molecule has 35 heavy (non-hydrogen) atoms. The number of anilines is 2. The lowest BCUT2D eigenvalue weighted by molar-refractivity contribution is -0.115. The van der Waals surface area contributed by atoms with Crippen molar-refractivity contribution >= 4 is 45.7 Å². The normalized spacial score (nSPS) is 11.5. The summed E-state index contributed by atoms with van der Waals surface area (Å²) in [5.74, 6) is 0.481. The van der Waals surface area contributed by atoms with E-state index in [4.69, 9.17) is 4.74 Å². The van der Waals surface area contributed by atoms with Crippen molar-refractivity contribution in [2.45, 2.75) is 24.0 Å². The summed E-state index contributed by atoms with van der Waals surface area (Å²) in [5, 5.41) is 7.95. The van der Waals surface area contributed by atoms with Crippen LogP contribution in [0.4, 0.5) is 10.8 Å². The fourth-order valence-electron chi connectivity index (χ4n) is 3.36. The van der Waals surface area contributed by atoms with Crippen LogP contribution in [0.2, 0.25) is 0 Å². The molecule has 8 heteroatoms. The van der Waals surface area contributed by atoms with Crippen LogP contribution in [0.5, 0.6) is 5.75 Å². The van der Waals surface area contributed by atoms with Crippen LogP contribution in [0.3, 0.4) is 0 Å². The Labute approximate surface area is 212 Å². The van der Waals surface area contributed by atoms with Gasteiger partial charge in [-0.15, -0.1) is 23.1 Å². The van der Waals surface area contributed by atoms with Gasteiger partial charge < -0.3 is 15.4 Å². The quantitative estimate of drug-likeness (QED) is 0.268.